The number of rotatable bonds is 4. The van der Waals surface area contributed by atoms with Crippen LogP contribution in [0.25, 0.3) is 0 Å². The number of nitrogens with one attached hydrogen (secondary N) is 1. The molecule has 7 heteroatoms. The van der Waals surface area contributed by atoms with Crippen LogP contribution in [0.4, 0.5) is 0 Å². The molecular formula is C17H24N6O. The Morgan fingerprint density at radius 3 is 3.00 bits per heavy atom. The van der Waals surface area contributed by atoms with Gasteiger partial charge in [0.05, 0.1) is 6.54 Å². The van der Waals surface area contributed by atoms with Crippen molar-refractivity contribution < 1.29 is 4.79 Å². The molecule has 0 aromatic carbocycles. The molecule has 1 atom stereocenters. The summed E-state index contributed by atoms with van der Waals surface area (Å²) in [6.45, 7) is 1.28. The average molecular weight is 328 g/mol. The molecule has 7 nitrogen and oxygen atoms in total. The Morgan fingerprint density at radius 2 is 2.12 bits per heavy atom. The van der Waals surface area contributed by atoms with Gasteiger partial charge in [-0.05, 0) is 25.3 Å². The third-order valence-electron chi connectivity index (χ3n) is 5.36. The molecular weight excluding hydrogens is 304 g/mol. The maximum Gasteiger partial charge on any atom is 0.223 e. The number of hydrogen-bond donors (Lipinski definition) is 1. The fraction of sp³-hybridized carbons (Fsp3) is 0.647. The first-order valence-corrected chi connectivity index (χ1v) is 8.98. The van der Waals surface area contributed by atoms with Crippen LogP contribution < -0.4 is 5.32 Å². The molecule has 1 amide bonds. The molecule has 1 fully saturated rings. The Bertz CT molecular complexity index is 700. The second-order valence-corrected chi connectivity index (χ2v) is 6.90. The monoisotopic (exact) mass is 328 g/mol. The quantitative estimate of drug-likeness (QED) is 0.929. The normalized spacial score (nSPS) is 21.4. The van der Waals surface area contributed by atoms with Gasteiger partial charge in [0, 0.05) is 36.8 Å². The summed E-state index contributed by atoms with van der Waals surface area (Å²) in [5.41, 5.74) is 1.15. The van der Waals surface area contributed by atoms with Gasteiger partial charge >= 0.3 is 0 Å². The van der Waals surface area contributed by atoms with Crippen molar-refractivity contribution in [3.63, 3.8) is 0 Å². The van der Waals surface area contributed by atoms with E-state index in [2.05, 4.69) is 25.2 Å². The molecule has 2 aromatic rings. The highest BCUT2D eigenvalue weighted by atomic mass is 16.1. The molecule has 0 radical (unpaired) electrons. The van der Waals surface area contributed by atoms with Gasteiger partial charge in [-0.15, -0.1) is 10.2 Å². The summed E-state index contributed by atoms with van der Waals surface area (Å²) < 4.78 is 4.15. The Hall–Kier alpha value is -2.18. The summed E-state index contributed by atoms with van der Waals surface area (Å²) in [5, 5.41) is 15.6. The molecule has 4 rings (SSSR count). The second-order valence-electron chi connectivity index (χ2n) is 6.90. The van der Waals surface area contributed by atoms with E-state index < -0.39 is 0 Å². The molecule has 24 heavy (non-hydrogen) atoms. The van der Waals surface area contributed by atoms with E-state index in [1.165, 1.54) is 32.1 Å². The first kappa shape index (κ1) is 15.4. The van der Waals surface area contributed by atoms with E-state index in [1.54, 1.807) is 0 Å². The van der Waals surface area contributed by atoms with E-state index in [0.717, 1.165) is 30.9 Å². The van der Waals surface area contributed by atoms with Crippen molar-refractivity contribution in [1.82, 2.24) is 29.9 Å². The lowest BCUT2D eigenvalue weighted by atomic mass is 9.95. The molecule has 2 aromatic heterocycles. The lowest BCUT2D eigenvalue weighted by molar-refractivity contribution is -0.125. The standard InChI is InChI=1S/C17H24N6O/c24-17(13-7-9-23-15(10-13)6-8-20-23)18-11-16-21-19-12-22(16)14-4-2-1-3-5-14/h6,8,12-14H,1-5,7,9-11H2,(H,18,24). The van der Waals surface area contributed by atoms with Crippen molar-refractivity contribution in [1.29, 1.82) is 0 Å². The summed E-state index contributed by atoms with van der Waals surface area (Å²) >= 11 is 0. The molecule has 0 bridgehead atoms. The number of nitrogens with zero attached hydrogens (tertiary/aromatic N) is 5. The van der Waals surface area contributed by atoms with Crippen LogP contribution in [0.5, 0.6) is 0 Å². The van der Waals surface area contributed by atoms with Crippen LogP contribution >= 0.6 is 0 Å². The van der Waals surface area contributed by atoms with Gasteiger partial charge in [0.15, 0.2) is 5.82 Å². The Kier molecular flexibility index (Phi) is 4.32. The minimum absolute atomic E-state index is 0.0280. The number of carbonyl (C=O) groups excluding carboxylic acids is 1. The number of aromatic nitrogens is 5. The number of hydrogen-bond acceptors (Lipinski definition) is 4. The zero-order chi connectivity index (χ0) is 16.4. The molecule has 128 valence electrons. The smallest absolute Gasteiger partial charge is 0.223 e. The summed E-state index contributed by atoms with van der Waals surface area (Å²) in [7, 11) is 0. The lowest BCUT2D eigenvalue weighted by Crippen LogP contribution is -2.35. The van der Waals surface area contributed by atoms with Gasteiger partial charge in [0.25, 0.3) is 0 Å². The molecule has 1 aliphatic carbocycles. The minimum Gasteiger partial charge on any atom is -0.349 e. The van der Waals surface area contributed by atoms with Gasteiger partial charge in [-0.2, -0.15) is 5.10 Å². The van der Waals surface area contributed by atoms with Crippen molar-refractivity contribution in [2.24, 2.45) is 5.92 Å². The molecule has 1 saturated carbocycles. The molecule has 0 saturated heterocycles. The fourth-order valence-electron chi connectivity index (χ4n) is 3.96. The second kappa shape index (κ2) is 6.75. The summed E-state index contributed by atoms with van der Waals surface area (Å²) in [6.07, 6.45) is 11.5. The van der Waals surface area contributed by atoms with Crippen LogP contribution in [-0.2, 0) is 24.3 Å². The number of aryl methyl sites for hydroxylation is 1. The zero-order valence-electron chi connectivity index (χ0n) is 13.9. The van der Waals surface area contributed by atoms with Gasteiger partial charge in [0.2, 0.25) is 5.91 Å². The Morgan fingerprint density at radius 1 is 1.25 bits per heavy atom. The van der Waals surface area contributed by atoms with Gasteiger partial charge in [0.1, 0.15) is 6.33 Å². The van der Waals surface area contributed by atoms with E-state index in [4.69, 9.17) is 0 Å². The van der Waals surface area contributed by atoms with Gasteiger partial charge in [-0.3, -0.25) is 9.48 Å². The summed E-state index contributed by atoms with van der Waals surface area (Å²) in [6, 6.07) is 2.49. The van der Waals surface area contributed by atoms with Crippen molar-refractivity contribution in [3.8, 4) is 0 Å². The van der Waals surface area contributed by atoms with E-state index in [9.17, 15) is 4.79 Å². The van der Waals surface area contributed by atoms with Gasteiger partial charge in [-0.25, -0.2) is 0 Å². The van der Waals surface area contributed by atoms with Crippen molar-refractivity contribution in [2.75, 3.05) is 0 Å². The van der Waals surface area contributed by atoms with E-state index in [-0.39, 0.29) is 11.8 Å². The largest absolute Gasteiger partial charge is 0.349 e. The van der Waals surface area contributed by atoms with Crippen LogP contribution in [0, 0.1) is 5.92 Å². The van der Waals surface area contributed by atoms with Crippen LogP contribution in [0.2, 0.25) is 0 Å². The van der Waals surface area contributed by atoms with Crippen LogP contribution in [-0.4, -0.2) is 30.5 Å². The highest BCUT2D eigenvalue weighted by Gasteiger charge is 2.25. The summed E-state index contributed by atoms with van der Waals surface area (Å²) in [5.74, 6) is 1.01. The lowest BCUT2D eigenvalue weighted by Gasteiger charge is -2.25. The van der Waals surface area contributed by atoms with E-state index >= 15 is 0 Å². The third-order valence-corrected chi connectivity index (χ3v) is 5.36. The van der Waals surface area contributed by atoms with Crippen molar-refractivity contribution in [2.45, 2.75) is 64.1 Å². The topological polar surface area (TPSA) is 77.6 Å². The van der Waals surface area contributed by atoms with Crippen LogP contribution in [0.3, 0.4) is 0 Å². The summed E-state index contributed by atoms with van der Waals surface area (Å²) in [4.78, 5) is 12.5. The molecule has 1 N–H and O–H groups in total. The highest BCUT2D eigenvalue weighted by Crippen LogP contribution is 2.28. The first-order chi connectivity index (χ1) is 11.8. The molecule has 1 aliphatic heterocycles. The predicted octanol–water partition coefficient (Wildman–Crippen LogP) is 1.86. The SMILES string of the molecule is O=C(NCc1nncn1C1CCCCC1)C1CCn2nccc2C1. The molecule has 1 unspecified atom stereocenters. The van der Waals surface area contributed by atoms with Crippen molar-refractivity contribution in [3.05, 3.63) is 30.1 Å². The van der Waals surface area contributed by atoms with Crippen molar-refractivity contribution >= 4 is 5.91 Å². The molecule has 3 heterocycles. The van der Waals surface area contributed by atoms with E-state index in [0.29, 0.717) is 12.6 Å². The fourth-order valence-corrected chi connectivity index (χ4v) is 3.96. The maximum atomic E-state index is 12.5. The Labute approximate surface area is 141 Å². The van der Waals surface area contributed by atoms with Crippen LogP contribution in [0.15, 0.2) is 18.6 Å². The highest BCUT2D eigenvalue weighted by molar-refractivity contribution is 5.78. The maximum absolute atomic E-state index is 12.5. The molecule has 0 spiro atoms. The number of carbonyl (C=O) groups is 1. The molecule has 2 aliphatic rings. The third kappa shape index (κ3) is 3.07. The zero-order valence-corrected chi connectivity index (χ0v) is 13.9. The minimum atomic E-state index is 0.0280. The number of amides is 1. The predicted molar refractivity (Wildman–Crippen MR) is 88.0 cm³/mol. The number of fused-ring (bicyclic) bond motifs is 1. The van der Waals surface area contributed by atoms with Gasteiger partial charge in [-0.1, -0.05) is 19.3 Å². The first-order valence-electron chi connectivity index (χ1n) is 8.98. The van der Waals surface area contributed by atoms with Gasteiger partial charge < -0.3 is 9.88 Å². The van der Waals surface area contributed by atoms with E-state index in [1.807, 2.05) is 23.3 Å². The average Bonchev–Trinajstić information content (AvgIpc) is 3.28. The Balaban J connectivity index is 1.35. The van der Waals surface area contributed by atoms with Crippen LogP contribution in [0.1, 0.15) is 56.1 Å².